The maximum atomic E-state index is 12.8. The molecule has 0 aliphatic rings. The summed E-state index contributed by atoms with van der Waals surface area (Å²) in [6.45, 7) is 2.69. The summed E-state index contributed by atoms with van der Waals surface area (Å²) in [5, 5.41) is 0. The summed E-state index contributed by atoms with van der Waals surface area (Å²) in [4.78, 5) is 0. The summed E-state index contributed by atoms with van der Waals surface area (Å²) < 4.78 is 44.7. The molecule has 0 aliphatic carbocycles. The number of benzene rings is 2. The average Bonchev–Trinajstić information content (AvgIpc) is 2.49. The number of ether oxygens (including phenoxy) is 1. The SMILES string of the molecule is CCOc1ccc(CNS(=O)(=O)Cc2ccc(F)cc2)cc1. The first-order valence-electron chi connectivity index (χ1n) is 6.92. The Kier molecular flexibility index (Phi) is 5.51. The zero-order valence-electron chi connectivity index (χ0n) is 12.3. The molecule has 0 heterocycles. The van der Waals surface area contributed by atoms with Gasteiger partial charge in [-0.15, -0.1) is 0 Å². The summed E-state index contributed by atoms with van der Waals surface area (Å²) in [5.74, 6) is 0.188. The van der Waals surface area contributed by atoms with E-state index in [-0.39, 0.29) is 18.1 Å². The van der Waals surface area contributed by atoms with Crippen LogP contribution in [-0.2, 0) is 22.3 Å². The van der Waals surface area contributed by atoms with Gasteiger partial charge >= 0.3 is 0 Å². The lowest BCUT2D eigenvalue weighted by Crippen LogP contribution is -2.24. The molecule has 2 aromatic rings. The highest BCUT2D eigenvalue weighted by molar-refractivity contribution is 7.88. The van der Waals surface area contributed by atoms with Crippen LogP contribution in [-0.4, -0.2) is 15.0 Å². The van der Waals surface area contributed by atoms with Gasteiger partial charge in [-0.3, -0.25) is 0 Å². The number of nitrogens with one attached hydrogen (secondary N) is 1. The van der Waals surface area contributed by atoms with Gasteiger partial charge in [0.05, 0.1) is 12.4 Å². The first-order chi connectivity index (χ1) is 10.5. The number of hydrogen-bond acceptors (Lipinski definition) is 3. The Labute approximate surface area is 130 Å². The molecule has 4 nitrogen and oxygen atoms in total. The van der Waals surface area contributed by atoms with Gasteiger partial charge in [-0.25, -0.2) is 17.5 Å². The molecule has 0 fully saturated rings. The predicted octanol–water partition coefficient (Wildman–Crippen LogP) is 2.84. The van der Waals surface area contributed by atoms with E-state index in [0.717, 1.165) is 11.3 Å². The van der Waals surface area contributed by atoms with Crippen molar-refractivity contribution in [2.24, 2.45) is 0 Å². The number of rotatable bonds is 7. The molecule has 0 spiro atoms. The molecule has 0 atom stereocenters. The zero-order chi connectivity index (χ0) is 16.0. The second kappa shape index (κ2) is 7.38. The second-order valence-electron chi connectivity index (χ2n) is 4.78. The quantitative estimate of drug-likeness (QED) is 0.852. The molecule has 0 amide bonds. The van der Waals surface area contributed by atoms with Crippen LogP contribution in [0.1, 0.15) is 18.1 Å². The van der Waals surface area contributed by atoms with Crippen LogP contribution in [0.5, 0.6) is 5.75 Å². The highest BCUT2D eigenvalue weighted by Crippen LogP contribution is 2.12. The molecule has 0 bridgehead atoms. The Morgan fingerprint density at radius 1 is 1.00 bits per heavy atom. The second-order valence-corrected chi connectivity index (χ2v) is 6.59. The fraction of sp³-hybridized carbons (Fsp3) is 0.250. The molecular weight excluding hydrogens is 305 g/mol. The van der Waals surface area contributed by atoms with Crippen molar-refractivity contribution in [1.29, 1.82) is 0 Å². The maximum absolute atomic E-state index is 12.8. The van der Waals surface area contributed by atoms with Crippen LogP contribution < -0.4 is 9.46 Å². The van der Waals surface area contributed by atoms with Crippen LogP contribution in [0.25, 0.3) is 0 Å². The Morgan fingerprint density at radius 3 is 2.18 bits per heavy atom. The largest absolute Gasteiger partial charge is 0.494 e. The lowest BCUT2D eigenvalue weighted by molar-refractivity contribution is 0.340. The number of halogens is 1. The van der Waals surface area contributed by atoms with Crippen LogP contribution in [0.15, 0.2) is 48.5 Å². The average molecular weight is 323 g/mol. The molecule has 1 N–H and O–H groups in total. The third kappa shape index (κ3) is 5.13. The van der Waals surface area contributed by atoms with Gasteiger partial charge in [0.2, 0.25) is 10.0 Å². The van der Waals surface area contributed by atoms with Crippen LogP contribution >= 0.6 is 0 Å². The van der Waals surface area contributed by atoms with E-state index in [1.807, 2.05) is 19.1 Å². The van der Waals surface area contributed by atoms with Crippen LogP contribution in [0.2, 0.25) is 0 Å². The Hall–Kier alpha value is -1.92. The fourth-order valence-corrected chi connectivity index (χ4v) is 3.03. The first kappa shape index (κ1) is 16.5. The summed E-state index contributed by atoms with van der Waals surface area (Å²) in [6.07, 6.45) is 0. The monoisotopic (exact) mass is 323 g/mol. The molecule has 0 radical (unpaired) electrons. The van der Waals surface area contributed by atoms with Crippen LogP contribution in [0, 0.1) is 5.82 Å². The third-order valence-electron chi connectivity index (χ3n) is 3.00. The molecule has 0 saturated carbocycles. The van der Waals surface area contributed by atoms with Crippen molar-refractivity contribution in [3.8, 4) is 5.75 Å². The predicted molar refractivity (Wildman–Crippen MR) is 83.5 cm³/mol. The van der Waals surface area contributed by atoms with Gasteiger partial charge < -0.3 is 4.74 Å². The van der Waals surface area contributed by atoms with Crippen molar-refractivity contribution < 1.29 is 17.5 Å². The summed E-state index contributed by atoms with van der Waals surface area (Å²) >= 11 is 0. The van der Waals surface area contributed by atoms with E-state index >= 15 is 0 Å². The Morgan fingerprint density at radius 2 is 1.59 bits per heavy atom. The molecule has 2 rings (SSSR count). The van der Waals surface area contributed by atoms with Gasteiger partial charge in [0.15, 0.2) is 0 Å². The highest BCUT2D eigenvalue weighted by Gasteiger charge is 2.11. The van der Waals surface area contributed by atoms with Crippen molar-refractivity contribution in [3.63, 3.8) is 0 Å². The van der Waals surface area contributed by atoms with Crippen molar-refractivity contribution >= 4 is 10.0 Å². The van der Waals surface area contributed by atoms with Gasteiger partial charge in [-0.2, -0.15) is 0 Å². The van der Waals surface area contributed by atoms with Gasteiger partial charge in [-0.1, -0.05) is 24.3 Å². The topological polar surface area (TPSA) is 55.4 Å². The van der Waals surface area contributed by atoms with E-state index < -0.39 is 10.0 Å². The van der Waals surface area contributed by atoms with Crippen molar-refractivity contribution in [1.82, 2.24) is 4.72 Å². The van der Waals surface area contributed by atoms with Gasteiger partial charge in [0.25, 0.3) is 0 Å². The molecule has 2 aromatic carbocycles. The molecule has 22 heavy (non-hydrogen) atoms. The van der Waals surface area contributed by atoms with E-state index in [1.165, 1.54) is 24.3 Å². The van der Waals surface area contributed by atoms with Crippen molar-refractivity contribution in [2.45, 2.75) is 19.2 Å². The molecule has 0 aliphatic heterocycles. The van der Waals surface area contributed by atoms with Crippen LogP contribution in [0.4, 0.5) is 4.39 Å². The van der Waals surface area contributed by atoms with Crippen molar-refractivity contribution in [3.05, 3.63) is 65.5 Å². The minimum absolute atomic E-state index is 0.176. The Balaban J connectivity index is 1.93. The van der Waals surface area contributed by atoms with Gasteiger partial charge in [0, 0.05) is 6.54 Å². The minimum atomic E-state index is -3.47. The molecule has 0 unspecified atom stereocenters. The summed E-state index contributed by atoms with van der Waals surface area (Å²) in [5.41, 5.74) is 1.38. The van der Waals surface area contributed by atoms with E-state index in [0.29, 0.717) is 12.2 Å². The van der Waals surface area contributed by atoms with E-state index in [1.54, 1.807) is 12.1 Å². The molecule has 6 heteroatoms. The Bertz CT molecular complexity index is 697. The summed E-state index contributed by atoms with van der Waals surface area (Å²) in [7, 11) is -3.47. The smallest absolute Gasteiger partial charge is 0.216 e. The van der Waals surface area contributed by atoms with Gasteiger partial charge in [-0.05, 0) is 42.3 Å². The standard InChI is InChI=1S/C16H18FNO3S/c1-2-21-16-9-5-13(6-10-16)11-18-22(19,20)12-14-3-7-15(17)8-4-14/h3-10,18H,2,11-12H2,1H3. The van der Waals surface area contributed by atoms with E-state index in [9.17, 15) is 12.8 Å². The third-order valence-corrected chi connectivity index (χ3v) is 4.30. The molecule has 0 aromatic heterocycles. The maximum Gasteiger partial charge on any atom is 0.216 e. The molecular formula is C16H18FNO3S. The van der Waals surface area contributed by atoms with E-state index in [2.05, 4.69) is 4.72 Å². The lowest BCUT2D eigenvalue weighted by atomic mass is 10.2. The van der Waals surface area contributed by atoms with Gasteiger partial charge in [0.1, 0.15) is 11.6 Å². The number of hydrogen-bond donors (Lipinski definition) is 1. The minimum Gasteiger partial charge on any atom is -0.494 e. The zero-order valence-corrected chi connectivity index (χ0v) is 13.1. The molecule has 0 saturated heterocycles. The fourth-order valence-electron chi connectivity index (χ4n) is 1.91. The van der Waals surface area contributed by atoms with E-state index in [4.69, 9.17) is 4.74 Å². The normalized spacial score (nSPS) is 11.4. The first-order valence-corrected chi connectivity index (χ1v) is 8.57. The summed E-state index contributed by atoms with van der Waals surface area (Å²) in [6, 6.07) is 12.6. The van der Waals surface area contributed by atoms with Crippen LogP contribution in [0.3, 0.4) is 0 Å². The lowest BCUT2D eigenvalue weighted by Gasteiger charge is -2.08. The highest BCUT2D eigenvalue weighted by atomic mass is 32.2. The van der Waals surface area contributed by atoms with Crippen molar-refractivity contribution in [2.75, 3.05) is 6.61 Å². The molecule has 118 valence electrons. The number of sulfonamides is 1.